The van der Waals surface area contributed by atoms with Gasteiger partial charge in [-0.15, -0.1) is 11.3 Å². The van der Waals surface area contributed by atoms with E-state index in [1.54, 1.807) is 6.07 Å². The summed E-state index contributed by atoms with van der Waals surface area (Å²) in [7, 11) is -3.33. The average molecular weight is 302 g/mol. The Morgan fingerprint density at radius 2 is 2.00 bits per heavy atom. The van der Waals surface area contributed by atoms with Crippen molar-refractivity contribution in [2.45, 2.75) is 42.7 Å². The van der Waals surface area contributed by atoms with Crippen LogP contribution < -0.4 is 10.5 Å². The Hall–Kier alpha value is -0.430. The first kappa shape index (κ1) is 15.0. The fraction of sp³-hybridized carbons (Fsp3) is 0.692. The van der Waals surface area contributed by atoms with Crippen LogP contribution in [0.15, 0.2) is 16.3 Å². The monoisotopic (exact) mass is 302 g/mol. The lowest BCUT2D eigenvalue weighted by molar-refractivity contribution is 0.357. The van der Waals surface area contributed by atoms with Crippen LogP contribution in [0.25, 0.3) is 0 Å². The van der Waals surface area contributed by atoms with Crippen molar-refractivity contribution >= 4 is 21.4 Å². The molecule has 2 rings (SSSR count). The SMILES string of the molecule is NCCc1ccc(S(=O)(=O)NCC2CCCCC2)s1. The van der Waals surface area contributed by atoms with E-state index in [2.05, 4.69) is 4.72 Å². The maximum Gasteiger partial charge on any atom is 0.250 e. The van der Waals surface area contributed by atoms with E-state index < -0.39 is 10.0 Å². The molecule has 1 aliphatic carbocycles. The molecule has 1 saturated carbocycles. The molecule has 0 unspecified atom stereocenters. The van der Waals surface area contributed by atoms with Crippen LogP contribution in [0.5, 0.6) is 0 Å². The summed E-state index contributed by atoms with van der Waals surface area (Å²) in [6, 6.07) is 3.53. The Labute approximate surface area is 119 Å². The van der Waals surface area contributed by atoms with Gasteiger partial charge in [0.25, 0.3) is 0 Å². The summed E-state index contributed by atoms with van der Waals surface area (Å²) in [6.07, 6.45) is 6.77. The lowest BCUT2D eigenvalue weighted by atomic mass is 9.90. The molecule has 0 atom stereocenters. The van der Waals surface area contributed by atoms with E-state index >= 15 is 0 Å². The highest BCUT2D eigenvalue weighted by Crippen LogP contribution is 2.25. The molecule has 1 aliphatic rings. The maximum atomic E-state index is 12.2. The lowest BCUT2D eigenvalue weighted by Crippen LogP contribution is -2.29. The van der Waals surface area contributed by atoms with Crippen molar-refractivity contribution in [2.24, 2.45) is 11.7 Å². The second kappa shape index (κ2) is 6.83. The first-order chi connectivity index (χ1) is 9.12. The quantitative estimate of drug-likeness (QED) is 0.845. The van der Waals surface area contributed by atoms with Crippen molar-refractivity contribution in [1.82, 2.24) is 4.72 Å². The van der Waals surface area contributed by atoms with Crippen LogP contribution in [0.3, 0.4) is 0 Å². The highest BCUT2D eigenvalue weighted by Gasteiger charge is 2.20. The van der Waals surface area contributed by atoms with E-state index in [0.717, 1.165) is 24.1 Å². The van der Waals surface area contributed by atoms with Crippen LogP contribution in [0.1, 0.15) is 37.0 Å². The van der Waals surface area contributed by atoms with E-state index in [1.165, 1.54) is 30.6 Å². The third kappa shape index (κ3) is 4.27. The fourth-order valence-electron chi connectivity index (χ4n) is 2.47. The van der Waals surface area contributed by atoms with Crippen molar-refractivity contribution in [3.05, 3.63) is 17.0 Å². The van der Waals surface area contributed by atoms with Crippen LogP contribution in [0.2, 0.25) is 0 Å². The van der Waals surface area contributed by atoms with Gasteiger partial charge in [-0.25, -0.2) is 13.1 Å². The molecule has 0 aliphatic heterocycles. The smallest absolute Gasteiger partial charge is 0.250 e. The van der Waals surface area contributed by atoms with Gasteiger partial charge in [0, 0.05) is 11.4 Å². The molecule has 19 heavy (non-hydrogen) atoms. The normalized spacial score (nSPS) is 17.7. The van der Waals surface area contributed by atoms with Gasteiger partial charge in [0.1, 0.15) is 4.21 Å². The van der Waals surface area contributed by atoms with Gasteiger partial charge in [0.05, 0.1) is 0 Å². The van der Waals surface area contributed by atoms with Crippen molar-refractivity contribution in [2.75, 3.05) is 13.1 Å². The van der Waals surface area contributed by atoms with Gasteiger partial charge in [-0.2, -0.15) is 0 Å². The molecule has 1 aromatic rings. The molecular weight excluding hydrogens is 280 g/mol. The first-order valence-electron chi connectivity index (χ1n) is 6.90. The van der Waals surface area contributed by atoms with Crippen molar-refractivity contribution in [3.63, 3.8) is 0 Å². The lowest BCUT2D eigenvalue weighted by Gasteiger charge is -2.21. The fourth-order valence-corrected chi connectivity index (χ4v) is 5.00. The largest absolute Gasteiger partial charge is 0.330 e. The molecule has 6 heteroatoms. The third-order valence-electron chi connectivity index (χ3n) is 3.58. The number of hydrogen-bond donors (Lipinski definition) is 2. The van der Waals surface area contributed by atoms with Gasteiger partial charge < -0.3 is 5.73 Å². The zero-order valence-electron chi connectivity index (χ0n) is 11.1. The Morgan fingerprint density at radius 3 is 2.68 bits per heavy atom. The summed E-state index contributed by atoms with van der Waals surface area (Å²) in [6.45, 7) is 1.13. The Kier molecular flexibility index (Phi) is 5.38. The van der Waals surface area contributed by atoms with Gasteiger partial charge in [-0.3, -0.25) is 0 Å². The molecule has 0 amide bonds. The minimum atomic E-state index is -3.33. The number of sulfonamides is 1. The molecule has 108 valence electrons. The second-order valence-corrected chi connectivity index (χ2v) is 8.28. The third-order valence-corrected chi connectivity index (χ3v) is 6.64. The number of nitrogens with two attached hydrogens (primary N) is 1. The summed E-state index contributed by atoms with van der Waals surface area (Å²) in [5, 5.41) is 0. The van der Waals surface area contributed by atoms with E-state index in [-0.39, 0.29) is 0 Å². The van der Waals surface area contributed by atoms with Gasteiger partial charge in [-0.05, 0) is 43.9 Å². The minimum Gasteiger partial charge on any atom is -0.330 e. The molecule has 1 heterocycles. The summed E-state index contributed by atoms with van der Waals surface area (Å²) < 4.78 is 27.5. The standard InChI is InChI=1S/C13H22N2O2S2/c14-9-8-12-6-7-13(18-12)19(16,17)15-10-11-4-2-1-3-5-11/h6-7,11,15H,1-5,8-10,14H2. The predicted octanol–water partition coefficient (Wildman–Crippen LogP) is 2.11. The molecule has 1 aromatic heterocycles. The van der Waals surface area contributed by atoms with Crippen LogP contribution in [-0.4, -0.2) is 21.5 Å². The zero-order valence-corrected chi connectivity index (χ0v) is 12.7. The molecule has 0 bridgehead atoms. The van der Waals surface area contributed by atoms with Crippen molar-refractivity contribution in [1.29, 1.82) is 0 Å². The van der Waals surface area contributed by atoms with Crippen LogP contribution in [0.4, 0.5) is 0 Å². The predicted molar refractivity (Wildman–Crippen MR) is 78.8 cm³/mol. The average Bonchev–Trinajstić information content (AvgIpc) is 2.88. The first-order valence-corrected chi connectivity index (χ1v) is 9.20. The number of thiophene rings is 1. The molecule has 0 saturated heterocycles. The van der Waals surface area contributed by atoms with Crippen LogP contribution in [0, 0.1) is 5.92 Å². The van der Waals surface area contributed by atoms with E-state index in [9.17, 15) is 8.42 Å². The molecule has 4 nitrogen and oxygen atoms in total. The maximum absolute atomic E-state index is 12.2. The van der Waals surface area contributed by atoms with Gasteiger partial charge >= 0.3 is 0 Å². The van der Waals surface area contributed by atoms with Gasteiger partial charge in [-0.1, -0.05) is 19.3 Å². The molecule has 1 fully saturated rings. The summed E-state index contributed by atoms with van der Waals surface area (Å²) in [5.41, 5.74) is 5.48. The number of rotatable bonds is 6. The molecule has 3 N–H and O–H groups in total. The Bertz CT molecular complexity index is 490. The van der Waals surface area contributed by atoms with E-state index in [4.69, 9.17) is 5.73 Å². The second-order valence-electron chi connectivity index (χ2n) is 5.12. The summed E-state index contributed by atoms with van der Waals surface area (Å²) >= 11 is 1.32. The van der Waals surface area contributed by atoms with E-state index in [0.29, 0.717) is 23.2 Å². The topological polar surface area (TPSA) is 72.2 Å². The van der Waals surface area contributed by atoms with Gasteiger partial charge in [0.15, 0.2) is 0 Å². The Morgan fingerprint density at radius 1 is 1.26 bits per heavy atom. The van der Waals surface area contributed by atoms with E-state index in [1.807, 2.05) is 6.07 Å². The number of hydrogen-bond acceptors (Lipinski definition) is 4. The van der Waals surface area contributed by atoms with Gasteiger partial charge in [0.2, 0.25) is 10.0 Å². The van der Waals surface area contributed by atoms with Crippen molar-refractivity contribution < 1.29 is 8.42 Å². The minimum absolute atomic E-state index is 0.409. The highest BCUT2D eigenvalue weighted by molar-refractivity contribution is 7.91. The number of nitrogens with one attached hydrogen (secondary N) is 1. The van der Waals surface area contributed by atoms with Crippen LogP contribution in [-0.2, 0) is 16.4 Å². The highest BCUT2D eigenvalue weighted by atomic mass is 32.2. The molecule has 0 aromatic carbocycles. The van der Waals surface area contributed by atoms with Crippen molar-refractivity contribution in [3.8, 4) is 0 Å². The summed E-state index contributed by atoms with van der Waals surface area (Å²) in [5.74, 6) is 0.506. The zero-order chi connectivity index (χ0) is 13.7. The van der Waals surface area contributed by atoms with Crippen LogP contribution >= 0.6 is 11.3 Å². The molecular formula is C13H22N2O2S2. The molecule has 0 radical (unpaired) electrons. The molecule has 0 spiro atoms. The Balaban J connectivity index is 1.92. The summed E-state index contributed by atoms with van der Waals surface area (Å²) in [4.78, 5) is 1.03.